The molecule has 0 unspecified atom stereocenters. The maximum Gasteiger partial charge on any atom is 0.501 e. The number of rotatable bonds is 4. The van der Waals surface area contributed by atoms with Gasteiger partial charge in [0, 0.05) is 18.9 Å². The molecule has 11 heteroatoms. The minimum Gasteiger partial charge on any atom is -0.310 e. The molecule has 0 N–H and O–H groups in total. The van der Waals surface area contributed by atoms with Crippen LogP contribution in [0.1, 0.15) is 5.56 Å². The third-order valence-corrected chi connectivity index (χ3v) is 5.37. The highest BCUT2D eigenvalue weighted by Crippen LogP contribution is 2.32. The predicted molar refractivity (Wildman–Crippen MR) is 87.2 cm³/mol. The quantitative estimate of drug-likeness (QED) is 0.737. The van der Waals surface area contributed by atoms with Crippen molar-refractivity contribution in [1.29, 1.82) is 0 Å². The molecule has 27 heavy (non-hydrogen) atoms. The van der Waals surface area contributed by atoms with E-state index in [1.807, 2.05) is 0 Å². The summed E-state index contributed by atoms with van der Waals surface area (Å²) in [5.74, 6) is -0.569. The lowest BCUT2D eigenvalue weighted by Gasteiger charge is -2.17. The van der Waals surface area contributed by atoms with Crippen molar-refractivity contribution in [2.45, 2.75) is 16.9 Å². The van der Waals surface area contributed by atoms with E-state index in [9.17, 15) is 31.2 Å². The van der Waals surface area contributed by atoms with E-state index >= 15 is 0 Å². The summed E-state index contributed by atoms with van der Waals surface area (Å²) in [6.45, 7) is -0.0477. The van der Waals surface area contributed by atoms with Crippen LogP contribution in [0.15, 0.2) is 53.7 Å². The largest absolute Gasteiger partial charge is 0.501 e. The second kappa shape index (κ2) is 6.65. The van der Waals surface area contributed by atoms with Crippen LogP contribution >= 0.6 is 0 Å². The van der Waals surface area contributed by atoms with Crippen molar-refractivity contribution in [2.24, 2.45) is 0 Å². The van der Waals surface area contributed by atoms with Gasteiger partial charge in [-0.2, -0.15) is 13.2 Å². The number of amides is 3. The summed E-state index contributed by atoms with van der Waals surface area (Å²) in [5, 5.41) is 0. The molecule has 0 bridgehead atoms. The first kappa shape index (κ1) is 18.8. The van der Waals surface area contributed by atoms with Crippen molar-refractivity contribution in [3.8, 4) is 0 Å². The van der Waals surface area contributed by atoms with Gasteiger partial charge in [-0.25, -0.2) is 18.1 Å². The van der Waals surface area contributed by atoms with E-state index in [1.54, 1.807) is 12.1 Å². The van der Waals surface area contributed by atoms with Crippen molar-refractivity contribution in [3.63, 3.8) is 0 Å². The highest BCUT2D eigenvalue weighted by molar-refractivity contribution is 7.92. The lowest BCUT2D eigenvalue weighted by Crippen LogP contribution is -2.32. The van der Waals surface area contributed by atoms with Gasteiger partial charge in [0.2, 0.25) is 0 Å². The van der Waals surface area contributed by atoms with E-state index in [4.69, 9.17) is 0 Å². The van der Waals surface area contributed by atoms with Crippen LogP contribution in [0.4, 0.5) is 23.7 Å². The third kappa shape index (κ3) is 3.50. The first-order chi connectivity index (χ1) is 12.6. The predicted octanol–water partition coefficient (Wildman–Crippen LogP) is 2.34. The van der Waals surface area contributed by atoms with Gasteiger partial charge in [0.1, 0.15) is 6.54 Å². The molecule has 0 saturated carbocycles. The Morgan fingerprint density at radius 2 is 1.59 bits per heavy atom. The Bertz CT molecular complexity index is 976. The second-order valence-electron chi connectivity index (χ2n) is 5.67. The number of sulfone groups is 1. The van der Waals surface area contributed by atoms with Crippen molar-refractivity contribution >= 4 is 27.5 Å². The van der Waals surface area contributed by atoms with Crippen LogP contribution in [0.3, 0.4) is 0 Å². The summed E-state index contributed by atoms with van der Waals surface area (Å²) >= 11 is 0. The van der Waals surface area contributed by atoms with E-state index in [0.717, 1.165) is 22.6 Å². The number of urea groups is 1. The minimum atomic E-state index is -5.50. The molecule has 7 nitrogen and oxygen atoms in total. The average molecular weight is 399 g/mol. The summed E-state index contributed by atoms with van der Waals surface area (Å²) < 4.78 is 60.5. The van der Waals surface area contributed by atoms with Crippen LogP contribution in [-0.4, -0.2) is 42.3 Å². The number of aromatic nitrogens is 1. The Kier molecular flexibility index (Phi) is 4.64. The lowest BCUT2D eigenvalue weighted by molar-refractivity contribution is -0.116. The molecule has 2 aromatic rings. The molecule has 1 fully saturated rings. The van der Waals surface area contributed by atoms with E-state index in [0.29, 0.717) is 12.1 Å². The summed E-state index contributed by atoms with van der Waals surface area (Å²) in [6, 6.07) is 6.11. The van der Waals surface area contributed by atoms with E-state index in [2.05, 4.69) is 4.98 Å². The molecular formula is C16H12F3N3O4S. The SMILES string of the molecule is O=C1CN(Cc2ccncc2)C(=O)N1c1ccc(S(=O)(=O)C(F)(F)F)cc1. The second-order valence-corrected chi connectivity index (χ2v) is 7.61. The minimum absolute atomic E-state index is 0.0108. The molecule has 2 heterocycles. The number of pyridine rings is 1. The molecule has 0 radical (unpaired) electrons. The summed E-state index contributed by atoms with van der Waals surface area (Å²) in [6.07, 6.45) is 3.07. The first-order valence-electron chi connectivity index (χ1n) is 7.53. The van der Waals surface area contributed by atoms with Crippen LogP contribution in [-0.2, 0) is 21.2 Å². The summed E-state index contributed by atoms with van der Waals surface area (Å²) in [5.41, 5.74) is -4.70. The van der Waals surface area contributed by atoms with Gasteiger partial charge in [-0.05, 0) is 42.0 Å². The monoisotopic (exact) mass is 399 g/mol. The molecule has 1 saturated heterocycles. The van der Waals surface area contributed by atoms with Gasteiger partial charge >= 0.3 is 11.5 Å². The normalized spacial score (nSPS) is 15.5. The zero-order chi connectivity index (χ0) is 19.8. The van der Waals surface area contributed by atoms with Gasteiger partial charge in [0.05, 0.1) is 10.6 Å². The Morgan fingerprint density at radius 3 is 2.15 bits per heavy atom. The lowest BCUT2D eigenvalue weighted by atomic mass is 10.2. The molecule has 3 amide bonds. The molecule has 0 atom stereocenters. The van der Waals surface area contributed by atoms with Gasteiger partial charge in [-0.1, -0.05) is 0 Å². The standard InChI is InChI=1S/C16H12F3N3O4S/c17-16(18,19)27(25,26)13-3-1-12(2-4-13)22-14(23)10-21(15(22)24)9-11-5-7-20-8-6-11/h1-8H,9-10H2. The zero-order valence-electron chi connectivity index (χ0n) is 13.5. The zero-order valence-corrected chi connectivity index (χ0v) is 14.4. The highest BCUT2D eigenvalue weighted by atomic mass is 32.2. The molecule has 1 aliphatic rings. The number of carbonyl (C=O) groups is 2. The van der Waals surface area contributed by atoms with Crippen LogP contribution in [0.25, 0.3) is 0 Å². The fourth-order valence-corrected chi connectivity index (χ4v) is 3.31. The molecule has 1 aromatic carbocycles. The number of hydrogen-bond acceptors (Lipinski definition) is 5. The van der Waals surface area contributed by atoms with E-state index in [-0.39, 0.29) is 18.8 Å². The van der Waals surface area contributed by atoms with Crippen LogP contribution in [0.5, 0.6) is 0 Å². The van der Waals surface area contributed by atoms with Gasteiger partial charge < -0.3 is 4.90 Å². The Labute approximate surface area is 151 Å². The summed E-state index contributed by atoms with van der Waals surface area (Å²) in [4.78, 5) is 29.6. The van der Waals surface area contributed by atoms with Gasteiger partial charge in [0.15, 0.2) is 0 Å². The highest BCUT2D eigenvalue weighted by Gasteiger charge is 2.47. The molecule has 0 spiro atoms. The molecule has 0 aliphatic carbocycles. The van der Waals surface area contributed by atoms with Gasteiger partial charge in [0.25, 0.3) is 15.7 Å². The fraction of sp³-hybridized carbons (Fsp3) is 0.188. The van der Waals surface area contributed by atoms with Crippen LogP contribution in [0, 0.1) is 0 Å². The number of anilines is 1. The smallest absolute Gasteiger partial charge is 0.310 e. The summed E-state index contributed by atoms with van der Waals surface area (Å²) in [7, 11) is -5.50. The third-order valence-electron chi connectivity index (χ3n) is 3.87. The first-order valence-corrected chi connectivity index (χ1v) is 9.02. The Balaban J connectivity index is 1.82. The fourth-order valence-electron chi connectivity index (χ4n) is 2.54. The van der Waals surface area contributed by atoms with Crippen molar-refractivity contribution in [2.75, 3.05) is 11.4 Å². The van der Waals surface area contributed by atoms with Crippen molar-refractivity contribution < 1.29 is 31.2 Å². The van der Waals surface area contributed by atoms with Crippen LogP contribution in [0.2, 0.25) is 0 Å². The maximum absolute atomic E-state index is 12.6. The van der Waals surface area contributed by atoms with Gasteiger partial charge in [-0.3, -0.25) is 9.78 Å². The number of halogens is 3. The topological polar surface area (TPSA) is 87.7 Å². The maximum atomic E-state index is 12.6. The van der Waals surface area contributed by atoms with Crippen molar-refractivity contribution in [1.82, 2.24) is 9.88 Å². The number of imide groups is 1. The molecule has 1 aromatic heterocycles. The van der Waals surface area contributed by atoms with Crippen molar-refractivity contribution in [3.05, 3.63) is 54.4 Å². The number of alkyl halides is 3. The van der Waals surface area contributed by atoms with E-state index < -0.39 is 32.2 Å². The molecule has 3 rings (SSSR count). The van der Waals surface area contributed by atoms with Crippen LogP contribution < -0.4 is 4.90 Å². The Morgan fingerprint density at radius 1 is 1.00 bits per heavy atom. The Hall–Kier alpha value is -2.95. The molecule has 142 valence electrons. The van der Waals surface area contributed by atoms with Gasteiger partial charge in [-0.15, -0.1) is 0 Å². The average Bonchev–Trinajstić information content (AvgIpc) is 2.88. The number of carbonyl (C=O) groups excluding carboxylic acids is 2. The van der Waals surface area contributed by atoms with E-state index in [1.165, 1.54) is 17.3 Å². The molecule has 1 aliphatic heterocycles. The number of benzene rings is 1. The molecular weight excluding hydrogens is 387 g/mol. The number of nitrogens with zero attached hydrogens (tertiary/aromatic N) is 3. The number of hydrogen-bond donors (Lipinski definition) is 0.